The van der Waals surface area contributed by atoms with Crippen LogP contribution in [0.25, 0.3) is 93.6 Å². The third kappa shape index (κ3) is 4.06. The number of nitrogens with zero attached hydrogens (tertiary/aromatic N) is 3. The Bertz CT molecular complexity index is 4850. The third-order valence-electron chi connectivity index (χ3n) is 8.42. The molecule has 51 heavy (non-hydrogen) atoms. The molecule has 0 radical (unpaired) electrons. The maximum absolute atomic E-state index is 10.1. The van der Waals surface area contributed by atoms with Crippen molar-refractivity contribution in [3.63, 3.8) is 0 Å². The van der Waals surface area contributed by atoms with Gasteiger partial charge in [0.25, 0.3) is 0 Å². The summed E-state index contributed by atoms with van der Waals surface area (Å²) < 4.78 is 282. The lowest BCUT2D eigenvalue weighted by Crippen LogP contribution is -1.96. The molecule has 11 rings (SSSR count). The number of para-hydroxylation sites is 4. The van der Waals surface area contributed by atoms with Crippen LogP contribution < -0.4 is 0 Å². The summed E-state index contributed by atoms with van der Waals surface area (Å²) in [6.07, 6.45) is 0. The Morgan fingerprint density at radius 1 is 0.275 bits per heavy atom. The van der Waals surface area contributed by atoms with Crippen LogP contribution in [-0.4, -0.2) is 13.7 Å². The van der Waals surface area contributed by atoms with Crippen molar-refractivity contribution in [1.82, 2.24) is 13.7 Å². The molecule has 0 atom stereocenters. The number of rotatable bonds is 4. The standard InChI is InChI=1S/C48H31N3/c1-3-13-32(14-4-1)33-23-25-35(26-24-33)50-42-21-11-8-18-38(42)47-45(50)29-30-46-48(47)39-19-9-12-22-43(39)51(46)36-27-28-44-40(31-36)37-17-7-10-20-41(37)49(44)34-15-5-2-6-16-34/h1-31H/i1D,2D,3D,4D,5D,6D,7D,8D,9D,10D,11D,12D,13D,14D,15D,16D,17D,18D,19D,20D,21D,22D,23D,24D,25D,26D,27D,28D,29D,30D,31D. The average Bonchev–Trinajstić information content (AvgIpc) is 1.58. The predicted octanol–water partition coefficient (Wildman–Crippen LogP) is 12.6. The van der Waals surface area contributed by atoms with Gasteiger partial charge in [-0.2, -0.15) is 0 Å². The van der Waals surface area contributed by atoms with Crippen LogP contribution in [0.3, 0.4) is 0 Å². The van der Waals surface area contributed by atoms with Gasteiger partial charge in [0.05, 0.1) is 75.6 Å². The van der Waals surface area contributed by atoms with Crippen LogP contribution in [0, 0.1) is 0 Å². The van der Waals surface area contributed by atoms with E-state index in [0.29, 0.717) is 4.57 Å². The highest BCUT2D eigenvalue weighted by Crippen LogP contribution is 2.43. The zero-order chi connectivity index (χ0) is 60.4. The van der Waals surface area contributed by atoms with Gasteiger partial charge < -0.3 is 13.7 Å². The van der Waals surface area contributed by atoms with E-state index < -0.39 is 281 Å². The van der Waals surface area contributed by atoms with E-state index in [0.717, 1.165) is 9.13 Å². The molecule has 3 aromatic heterocycles. The lowest BCUT2D eigenvalue weighted by atomic mass is 10.1. The summed E-state index contributed by atoms with van der Waals surface area (Å²) in [6, 6.07) is -29.5. The molecule has 3 nitrogen and oxygen atoms in total. The minimum atomic E-state index is -1.08. The smallest absolute Gasteiger partial charge is 0.0652 e. The Morgan fingerprint density at radius 3 is 1.29 bits per heavy atom. The van der Waals surface area contributed by atoms with Crippen LogP contribution in [0.2, 0.25) is 0 Å². The van der Waals surface area contributed by atoms with E-state index in [1.54, 1.807) is 0 Å². The van der Waals surface area contributed by atoms with Crippen molar-refractivity contribution in [3.8, 4) is 28.2 Å². The van der Waals surface area contributed by atoms with Crippen LogP contribution >= 0.6 is 0 Å². The molecular formula is C48H31N3. The van der Waals surface area contributed by atoms with Crippen LogP contribution in [0.15, 0.2) is 187 Å². The van der Waals surface area contributed by atoms with E-state index in [9.17, 15) is 19.2 Å². The van der Waals surface area contributed by atoms with Crippen molar-refractivity contribution in [2.75, 3.05) is 0 Å². The van der Waals surface area contributed by atoms with E-state index in [1.807, 2.05) is 0 Å². The van der Waals surface area contributed by atoms with E-state index >= 15 is 0 Å². The molecule has 0 bridgehead atoms. The summed E-state index contributed by atoms with van der Waals surface area (Å²) in [5.74, 6) is 0. The summed E-state index contributed by atoms with van der Waals surface area (Å²) in [6.45, 7) is 0. The molecule has 0 aliphatic rings. The first-order valence-electron chi connectivity index (χ1n) is 30.5. The van der Waals surface area contributed by atoms with Gasteiger partial charge >= 0.3 is 0 Å². The van der Waals surface area contributed by atoms with Gasteiger partial charge in [0.15, 0.2) is 0 Å². The Morgan fingerprint density at radius 2 is 0.667 bits per heavy atom. The molecule has 0 fully saturated rings. The molecule has 0 saturated heterocycles. The van der Waals surface area contributed by atoms with Crippen LogP contribution in [-0.2, 0) is 0 Å². The minimum Gasteiger partial charge on any atom is -0.309 e. The maximum Gasteiger partial charge on any atom is 0.0652 e. The lowest BCUT2D eigenvalue weighted by Gasteiger charge is -2.11. The van der Waals surface area contributed by atoms with E-state index in [-0.39, 0.29) is 0 Å². The van der Waals surface area contributed by atoms with Gasteiger partial charge in [-0.05, 0) is 83.6 Å². The summed E-state index contributed by atoms with van der Waals surface area (Å²) in [4.78, 5) is 0. The van der Waals surface area contributed by atoms with Crippen molar-refractivity contribution in [2.24, 2.45) is 0 Å². The van der Waals surface area contributed by atoms with Gasteiger partial charge in [-0.15, -0.1) is 0 Å². The van der Waals surface area contributed by atoms with Gasteiger partial charge in [-0.25, -0.2) is 0 Å². The third-order valence-corrected chi connectivity index (χ3v) is 8.42. The van der Waals surface area contributed by atoms with Crippen LogP contribution in [0.1, 0.15) is 42.5 Å². The van der Waals surface area contributed by atoms with Crippen LogP contribution in [0.5, 0.6) is 0 Å². The van der Waals surface area contributed by atoms with Gasteiger partial charge in [-0.1, -0.05) is 115 Å². The Hall–Kier alpha value is -6.84. The monoisotopic (exact) mass is 680 g/mol. The fourth-order valence-corrected chi connectivity index (χ4v) is 6.40. The number of aromatic nitrogens is 3. The molecule has 0 unspecified atom stereocenters. The molecule has 11 aromatic rings. The topological polar surface area (TPSA) is 14.8 Å². The van der Waals surface area contributed by atoms with Crippen molar-refractivity contribution >= 4 is 65.4 Å². The molecule has 0 amide bonds. The van der Waals surface area contributed by atoms with E-state index in [2.05, 4.69) is 0 Å². The molecule has 0 spiro atoms. The number of hydrogen-bond donors (Lipinski definition) is 0. The summed E-state index contributed by atoms with van der Waals surface area (Å²) in [7, 11) is 0. The average molecular weight is 681 g/mol. The van der Waals surface area contributed by atoms with Gasteiger partial charge in [0, 0.05) is 49.4 Å². The van der Waals surface area contributed by atoms with Gasteiger partial charge in [0.2, 0.25) is 0 Å². The summed E-state index contributed by atoms with van der Waals surface area (Å²) >= 11 is 0. The highest BCUT2D eigenvalue weighted by molar-refractivity contribution is 6.29. The highest BCUT2D eigenvalue weighted by atomic mass is 15.0. The SMILES string of the molecule is [2H]c1c([2H])c([2H])c(-c2c([2H])c([2H])c(-n3c4c([2H])c([2H])c([2H])c([2H])c4c4c5c6c([2H])c([2H])c([2H])c([2H])c6n(-c6c([2H])c([2H])c7c(c6[2H])c6c([2H])c([2H])c([2H])c([2H])c6n7-c6c([2H])c([2H])c([2H])c([2H])c6[2H])c5c([2H])c([2H])c43)c([2H])c2[2H])c([2H])c1[2H]. The van der Waals surface area contributed by atoms with Gasteiger partial charge in [0.1, 0.15) is 0 Å². The lowest BCUT2D eigenvalue weighted by molar-refractivity contribution is 1.16. The van der Waals surface area contributed by atoms with Crippen molar-refractivity contribution in [1.29, 1.82) is 0 Å². The Kier molecular flexibility index (Phi) is 2.41. The molecule has 8 aromatic carbocycles. The largest absolute Gasteiger partial charge is 0.309 e. The van der Waals surface area contributed by atoms with Crippen molar-refractivity contribution in [3.05, 3.63) is 187 Å². The van der Waals surface area contributed by atoms with E-state index in [1.165, 1.54) is 0 Å². The first-order valence-corrected chi connectivity index (χ1v) is 15.0. The fourth-order valence-electron chi connectivity index (χ4n) is 6.40. The Labute approximate surface area is 338 Å². The summed E-state index contributed by atoms with van der Waals surface area (Å²) in [5, 5.41) is -3.58. The predicted molar refractivity (Wildman–Crippen MR) is 215 cm³/mol. The zero-order valence-corrected chi connectivity index (χ0v) is 25.3. The first kappa shape index (κ1) is 11.3. The Balaban J connectivity index is 1.41. The molecule has 238 valence electrons. The zero-order valence-electron chi connectivity index (χ0n) is 56.3. The molecule has 3 heterocycles. The van der Waals surface area contributed by atoms with E-state index in [4.69, 9.17) is 23.3 Å². The number of hydrogen-bond acceptors (Lipinski definition) is 0. The first-order chi connectivity index (χ1) is 38.2. The van der Waals surface area contributed by atoms with Gasteiger partial charge in [-0.3, -0.25) is 0 Å². The molecule has 0 aliphatic heterocycles. The molecule has 0 saturated carbocycles. The van der Waals surface area contributed by atoms with Crippen molar-refractivity contribution < 1.29 is 42.5 Å². The molecule has 0 N–H and O–H groups in total. The molecule has 0 aliphatic carbocycles. The highest BCUT2D eigenvalue weighted by Gasteiger charge is 2.21. The second kappa shape index (κ2) is 10.8. The van der Waals surface area contributed by atoms with Crippen LogP contribution in [0.4, 0.5) is 0 Å². The minimum absolute atomic E-state index is 0.560. The van der Waals surface area contributed by atoms with Crippen molar-refractivity contribution in [2.45, 2.75) is 0 Å². The normalized spacial score (nSPS) is 20.4. The second-order valence-electron chi connectivity index (χ2n) is 11.0. The number of benzene rings is 8. The molecular weight excluding hydrogens is 619 g/mol. The second-order valence-corrected chi connectivity index (χ2v) is 11.0. The number of fused-ring (bicyclic) bond motifs is 10. The quantitative estimate of drug-likeness (QED) is 0.176. The summed E-state index contributed by atoms with van der Waals surface area (Å²) in [5.41, 5.74) is -8.13. The molecule has 3 heteroatoms. The fraction of sp³-hybridized carbons (Fsp3) is 0. The maximum atomic E-state index is 10.1.